The Morgan fingerprint density at radius 2 is 2.35 bits per heavy atom. The van der Waals surface area contributed by atoms with Gasteiger partial charge in [-0.15, -0.1) is 0 Å². The molecule has 0 aliphatic heterocycles. The zero-order valence-corrected chi connectivity index (χ0v) is 9.93. The standard InChI is InChI=1S/C10H17N5O2/c1-3-17-7(2)4-13-10(16)8-5-12-6-9(14-8)15-11/h5-7H,3-4,11H2,1-2H3,(H,13,16)(H,14,15). The molecule has 1 rings (SSSR count). The largest absolute Gasteiger partial charge is 0.377 e. The molecule has 0 aliphatic carbocycles. The zero-order valence-electron chi connectivity index (χ0n) is 9.93. The van der Waals surface area contributed by atoms with E-state index in [9.17, 15) is 4.79 Å². The van der Waals surface area contributed by atoms with E-state index >= 15 is 0 Å². The van der Waals surface area contributed by atoms with Crippen LogP contribution < -0.4 is 16.6 Å². The van der Waals surface area contributed by atoms with Gasteiger partial charge in [0.25, 0.3) is 5.91 Å². The molecule has 0 saturated heterocycles. The number of ether oxygens (including phenoxy) is 1. The van der Waals surface area contributed by atoms with Crippen molar-refractivity contribution in [3.8, 4) is 0 Å². The predicted octanol–water partition coefficient (Wildman–Crippen LogP) is -0.0830. The first-order chi connectivity index (χ1) is 8.17. The summed E-state index contributed by atoms with van der Waals surface area (Å²) in [5.41, 5.74) is 2.54. The molecule has 0 spiro atoms. The number of amides is 1. The number of nitrogen functional groups attached to an aromatic ring is 1. The van der Waals surface area contributed by atoms with Crippen LogP contribution in [0.5, 0.6) is 0 Å². The summed E-state index contributed by atoms with van der Waals surface area (Å²) in [5.74, 6) is 5.21. The highest BCUT2D eigenvalue weighted by atomic mass is 16.5. The second-order valence-corrected chi connectivity index (χ2v) is 3.41. The van der Waals surface area contributed by atoms with Crippen molar-refractivity contribution >= 4 is 11.7 Å². The minimum atomic E-state index is -0.304. The Hall–Kier alpha value is -1.73. The van der Waals surface area contributed by atoms with Gasteiger partial charge in [-0.3, -0.25) is 9.78 Å². The van der Waals surface area contributed by atoms with E-state index in [1.807, 2.05) is 13.8 Å². The molecule has 1 atom stereocenters. The van der Waals surface area contributed by atoms with Gasteiger partial charge in [0.15, 0.2) is 5.82 Å². The van der Waals surface area contributed by atoms with Crippen LogP contribution in [-0.2, 0) is 4.74 Å². The fourth-order valence-corrected chi connectivity index (χ4v) is 1.22. The number of nitrogens with one attached hydrogen (secondary N) is 2. The van der Waals surface area contributed by atoms with Crippen molar-refractivity contribution in [3.63, 3.8) is 0 Å². The first kappa shape index (κ1) is 13.3. The normalized spacial score (nSPS) is 11.9. The summed E-state index contributed by atoms with van der Waals surface area (Å²) in [6.45, 7) is 4.82. The number of aromatic nitrogens is 2. The smallest absolute Gasteiger partial charge is 0.271 e. The molecule has 1 aromatic heterocycles. The monoisotopic (exact) mass is 239 g/mol. The van der Waals surface area contributed by atoms with Crippen LogP contribution in [0.25, 0.3) is 0 Å². The molecule has 0 radical (unpaired) electrons. The Morgan fingerprint density at radius 1 is 1.59 bits per heavy atom. The Kier molecular flexibility index (Phi) is 5.31. The van der Waals surface area contributed by atoms with Crippen LogP contribution in [0.1, 0.15) is 24.3 Å². The molecule has 1 aromatic rings. The minimum Gasteiger partial charge on any atom is -0.377 e. The molecule has 1 amide bonds. The molecule has 94 valence electrons. The Balaban J connectivity index is 2.51. The molecule has 1 heterocycles. The molecule has 17 heavy (non-hydrogen) atoms. The molecule has 0 fully saturated rings. The van der Waals surface area contributed by atoms with Crippen molar-refractivity contribution < 1.29 is 9.53 Å². The number of hydrogen-bond acceptors (Lipinski definition) is 6. The molecule has 0 aliphatic rings. The van der Waals surface area contributed by atoms with Crippen LogP contribution in [0, 0.1) is 0 Å². The molecule has 0 saturated carbocycles. The maximum Gasteiger partial charge on any atom is 0.271 e. The third-order valence-corrected chi connectivity index (χ3v) is 2.02. The van der Waals surface area contributed by atoms with Crippen molar-refractivity contribution in [1.82, 2.24) is 15.3 Å². The van der Waals surface area contributed by atoms with E-state index in [0.29, 0.717) is 19.0 Å². The van der Waals surface area contributed by atoms with Gasteiger partial charge in [-0.2, -0.15) is 0 Å². The highest BCUT2D eigenvalue weighted by Gasteiger charge is 2.10. The Morgan fingerprint density at radius 3 is 3.00 bits per heavy atom. The second kappa shape index (κ2) is 6.77. The number of hydrazine groups is 1. The molecule has 7 heteroatoms. The average Bonchev–Trinajstić information content (AvgIpc) is 2.36. The molecule has 4 N–H and O–H groups in total. The van der Waals surface area contributed by atoms with Crippen molar-refractivity contribution in [3.05, 3.63) is 18.1 Å². The van der Waals surface area contributed by atoms with Crippen LogP contribution in [0.2, 0.25) is 0 Å². The minimum absolute atomic E-state index is 0.0345. The highest BCUT2D eigenvalue weighted by Crippen LogP contribution is 2.00. The number of anilines is 1. The van der Waals surface area contributed by atoms with Crippen LogP contribution >= 0.6 is 0 Å². The van der Waals surface area contributed by atoms with Gasteiger partial charge in [-0.1, -0.05) is 0 Å². The van der Waals surface area contributed by atoms with Gasteiger partial charge in [0.2, 0.25) is 0 Å². The summed E-state index contributed by atoms with van der Waals surface area (Å²) >= 11 is 0. The van der Waals surface area contributed by atoms with E-state index in [1.165, 1.54) is 12.4 Å². The first-order valence-electron chi connectivity index (χ1n) is 5.35. The van der Waals surface area contributed by atoms with E-state index in [0.717, 1.165) is 0 Å². The summed E-state index contributed by atoms with van der Waals surface area (Å²) < 4.78 is 5.29. The fourth-order valence-electron chi connectivity index (χ4n) is 1.22. The van der Waals surface area contributed by atoms with Crippen LogP contribution in [0.4, 0.5) is 5.82 Å². The molecule has 0 aromatic carbocycles. The van der Waals surface area contributed by atoms with E-state index in [-0.39, 0.29) is 17.7 Å². The highest BCUT2D eigenvalue weighted by molar-refractivity contribution is 5.92. The summed E-state index contributed by atoms with van der Waals surface area (Å²) in [5, 5.41) is 2.70. The van der Waals surface area contributed by atoms with E-state index < -0.39 is 0 Å². The average molecular weight is 239 g/mol. The summed E-state index contributed by atoms with van der Waals surface area (Å²) in [6.07, 6.45) is 2.77. The molecular weight excluding hydrogens is 222 g/mol. The van der Waals surface area contributed by atoms with Gasteiger partial charge in [0.05, 0.1) is 18.5 Å². The van der Waals surface area contributed by atoms with Crippen LogP contribution in [-0.4, -0.2) is 35.1 Å². The van der Waals surface area contributed by atoms with E-state index in [4.69, 9.17) is 10.6 Å². The number of rotatable bonds is 6. The number of nitrogens with two attached hydrogens (primary N) is 1. The lowest BCUT2D eigenvalue weighted by Crippen LogP contribution is -2.32. The fraction of sp³-hybridized carbons (Fsp3) is 0.500. The third kappa shape index (κ3) is 4.33. The second-order valence-electron chi connectivity index (χ2n) is 3.41. The Labute approximate surface area is 99.7 Å². The summed E-state index contributed by atoms with van der Waals surface area (Å²) in [6, 6.07) is 0. The molecule has 7 nitrogen and oxygen atoms in total. The van der Waals surface area contributed by atoms with Crippen molar-refractivity contribution in [2.24, 2.45) is 5.84 Å². The Bertz CT molecular complexity index is 371. The van der Waals surface area contributed by atoms with Gasteiger partial charge in [-0.05, 0) is 13.8 Å². The van der Waals surface area contributed by atoms with Gasteiger partial charge in [-0.25, -0.2) is 10.8 Å². The van der Waals surface area contributed by atoms with Crippen molar-refractivity contribution in [2.75, 3.05) is 18.6 Å². The van der Waals surface area contributed by atoms with Gasteiger partial charge < -0.3 is 15.5 Å². The van der Waals surface area contributed by atoms with Crippen LogP contribution in [0.3, 0.4) is 0 Å². The van der Waals surface area contributed by atoms with Crippen LogP contribution in [0.15, 0.2) is 12.4 Å². The van der Waals surface area contributed by atoms with E-state index in [1.54, 1.807) is 0 Å². The SMILES string of the molecule is CCOC(C)CNC(=O)c1cncc(NN)n1. The third-order valence-electron chi connectivity index (χ3n) is 2.02. The number of hydrogen-bond donors (Lipinski definition) is 3. The summed E-state index contributed by atoms with van der Waals surface area (Å²) in [4.78, 5) is 19.5. The number of carbonyl (C=O) groups excluding carboxylic acids is 1. The maximum absolute atomic E-state index is 11.7. The lowest BCUT2D eigenvalue weighted by Gasteiger charge is -2.12. The van der Waals surface area contributed by atoms with Gasteiger partial charge in [0, 0.05) is 13.2 Å². The molecular formula is C10H17N5O2. The predicted molar refractivity (Wildman–Crippen MR) is 63.3 cm³/mol. The van der Waals surface area contributed by atoms with Crippen molar-refractivity contribution in [2.45, 2.75) is 20.0 Å². The lowest BCUT2D eigenvalue weighted by molar-refractivity contribution is 0.0693. The zero-order chi connectivity index (χ0) is 12.7. The topological polar surface area (TPSA) is 102 Å². The quantitative estimate of drug-likeness (QED) is 0.474. The first-order valence-corrected chi connectivity index (χ1v) is 5.35. The molecule has 0 bridgehead atoms. The maximum atomic E-state index is 11.7. The lowest BCUT2D eigenvalue weighted by atomic mass is 10.3. The van der Waals surface area contributed by atoms with E-state index in [2.05, 4.69) is 20.7 Å². The number of nitrogens with zero attached hydrogens (tertiary/aromatic N) is 2. The number of carbonyl (C=O) groups is 1. The van der Waals surface area contributed by atoms with Gasteiger partial charge in [0.1, 0.15) is 5.69 Å². The van der Waals surface area contributed by atoms with Crippen molar-refractivity contribution in [1.29, 1.82) is 0 Å². The van der Waals surface area contributed by atoms with Gasteiger partial charge >= 0.3 is 0 Å². The molecule has 1 unspecified atom stereocenters. The summed E-state index contributed by atoms with van der Waals surface area (Å²) in [7, 11) is 0.